The molecule has 4 heteroatoms. The highest BCUT2D eigenvalue weighted by Gasteiger charge is 2.38. The Kier molecular flexibility index (Phi) is 3.15. The fraction of sp³-hybridized carbons (Fsp3) is 1.00. The lowest BCUT2D eigenvalue weighted by Gasteiger charge is -2.20. The van der Waals surface area contributed by atoms with Crippen LogP contribution in [-0.2, 0) is 0 Å². The van der Waals surface area contributed by atoms with Gasteiger partial charge < -0.3 is 5.11 Å². The number of halogens is 3. The molecule has 0 saturated carbocycles. The molecule has 0 heterocycles. The largest absolute Gasteiger partial charge is 0.396 e. The van der Waals surface area contributed by atoms with Crippen molar-refractivity contribution in [3.8, 4) is 0 Å². The molecule has 0 aliphatic rings. The minimum Gasteiger partial charge on any atom is -0.396 e. The minimum atomic E-state index is -4.18. The molecule has 0 radical (unpaired) electrons. The number of rotatable bonds is 2. The zero-order chi connectivity index (χ0) is 8.36. The summed E-state index contributed by atoms with van der Waals surface area (Å²) in [7, 11) is 0. The maximum atomic E-state index is 11.8. The Morgan fingerprint density at radius 2 is 1.70 bits per heavy atom. The van der Waals surface area contributed by atoms with E-state index in [1.165, 1.54) is 6.92 Å². The Morgan fingerprint density at radius 3 is 1.80 bits per heavy atom. The predicted octanol–water partition coefficient (Wildman–Crippen LogP) is 1.81. The highest BCUT2D eigenvalue weighted by Crippen LogP contribution is 2.30. The highest BCUT2D eigenvalue weighted by atomic mass is 19.4. The molecule has 1 N–H and O–H groups in total. The second-order valence-electron chi connectivity index (χ2n) is 2.49. The van der Waals surface area contributed by atoms with Crippen molar-refractivity contribution in [3.05, 3.63) is 0 Å². The van der Waals surface area contributed by atoms with Gasteiger partial charge in [0.2, 0.25) is 0 Å². The molecular formula is C6H11F3O. The zero-order valence-electron chi connectivity index (χ0n) is 5.94. The van der Waals surface area contributed by atoms with Crippen LogP contribution in [0.5, 0.6) is 0 Å². The van der Waals surface area contributed by atoms with E-state index in [-0.39, 0.29) is 0 Å². The third-order valence-corrected chi connectivity index (χ3v) is 1.66. The monoisotopic (exact) mass is 156 g/mol. The van der Waals surface area contributed by atoms with E-state index in [2.05, 4.69) is 0 Å². The maximum Gasteiger partial charge on any atom is 0.391 e. The lowest BCUT2D eigenvalue weighted by atomic mass is 9.97. The third-order valence-electron chi connectivity index (χ3n) is 1.66. The molecule has 0 saturated heterocycles. The van der Waals surface area contributed by atoms with Gasteiger partial charge >= 0.3 is 6.18 Å². The number of aliphatic hydroxyl groups is 1. The van der Waals surface area contributed by atoms with Gasteiger partial charge in [-0.2, -0.15) is 13.2 Å². The second kappa shape index (κ2) is 3.23. The zero-order valence-corrected chi connectivity index (χ0v) is 5.94. The number of alkyl halides is 3. The standard InChI is InChI=1S/C6H11F3O/c1-4(3-10)5(2)6(7,8)9/h4-5,10H,3H2,1-2H3. The average Bonchev–Trinajstić information content (AvgIpc) is 1.83. The minimum absolute atomic E-state index is 0.416. The van der Waals surface area contributed by atoms with Crippen LogP contribution >= 0.6 is 0 Å². The SMILES string of the molecule is CC(CO)C(C)C(F)(F)F. The molecule has 0 aliphatic carbocycles. The Balaban J connectivity index is 3.94. The van der Waals surface area contributed by atoms with Crippen LogP contribution in [0.25, 0.3) is 0 Å². The van der Waals surface area contributed by atoms with Crippen LogP contribution in [0.15, 0.2) is 0 Å². The molecule has 2 unspecified atom stereocenters. The molecule has 0 bridgehead atoms. The molecule has 62 valence electrons. The van der Waals surface area contributed by atoms with E-state index >= 15 is 0 Å². The van der Waals surface area contributed by atoms with Gasteiger partial charge in [-0.25, -0.2) is 0 Å². The first-order valence-corrected chi connectivity index (χ1v) is 3.07. The van der Waals surface area contributed by atoms with Gasteiger partial charge in [0, 0.05) is 6.61 Å². The number of hydrogen-bond acceptors (Lipinski definition) is 1. The first-order valence-electron chi connectivity index (χ1n) is 3.07. The lowest BCUT2D eigenvalue weighted by Crippen LogP contribution is -2.27. The van der Waals surface area contributed by atoms with Crippen molar-refractivity contribution in [2.24, 2.45) is 11.8 Å². The fourth-order valence-corrected chi connectivity index (χ4v) is 0.481. The summed E-state index contributed by atoms with van der Waals surface area (Å²) < 4.78 is 35.3. The molecule has 0 aliphatic heterocycles. The van der Waals surface area contributed by atoms with Crippen molar-refractivity contribution in [1.82, 2.24) is 0 Å². The van der Waals surface area contributed by atoms with Crippen LogP contribution in [0.3, 0.4) is 0 Å². The van der Waals surface area contributed by atoms with Crippen LogP contribution in [-0.4, -0.2) is 17.9 Å². The molecule has 0 rings (SSSR count). The maximum absolute atomic E-state index is 11.8. The molecule has 0 fully saturated rings. The second-order valence-corrected chi connectivity index (χ2v) is 2.49. The molecule has 1 nitrogen and oxygen atoms in total. The van der Waals surface area contributed by atoms with Crippen LogP contribution < -0.4 is 0 Å². The van der Waals surface area contributed by atoms with Crippen molar-refractivity contribution in [1.29, 1.82) is 0 Å². The molecule has 0 aromatic heterocycles. The first-order chi connectivity index (χ1) is 4.39. The Hall–Kier alpha value is -0.250. The van der Waals surface area contributed by atoms with E-state index in [1.54, 1.807) is 0 Å². The van der Waals surface area contributed by atoms with Crippen molar-refractivity contribution in [3.63, 3.8) is 0 Å². The molecular weight excluding hydrogens is 145 g/mol. The van der Waals surface area contributed by atoms with Crippen LogP contribution in [0.2, 0.25) is 0 Å². The van der Waals surface area contributed by atoms with Crippen molar-refractivity contribution >= 4 is 0 Å². The van der Waals surface area contributed by atoms with E-state index < -0.39 is 24.6 Å². The predicted molar refractivity (Wildman–Crippen MR) is 31.5 cm³/mol. The molecule has 0 amide bonds. The Morgan fingerprint density at radius 1 is 1.30 bits per heavy atom. The highest BCUT2D eigenvalue weighted by molar-refractivity contribution is 4.67. The van der Waals surface area contributed by atoms with E-state index in [1.807, 2.05) is 0 Å². The fourth-order valence-electron chi connectivity index (χ4n) is 0.481. The first kappa shape index (κ1) is 9.75. The summed E-state index contributed by atoms with van der Waals surface area (Å²) in [4.78, 5) is 0. The van der Waals surface area contributed by atoms with Gasteiger partial charge in [0.25, 0.3) is 0 Å². The topological polar surface area (TPSA) is 20.2 Å². The van der Waals surface area contributed by atoms with Gasteiger partial charge in [0.15, 0.2) is 0 Å². The summed E-state index contributed by atoms with van der Waals surface area (Å²) in [6.45, 7) is 2.03. The summed E-state index contributed by atoms with van der Waals surface area (Å²) in [6.07, 6.45) is -4.18. The third kappa shape index (κ3) is 2.56. The summed E-state index contributed by atoms with van der Waals surface area (Å²) in [5, 5.41) is 8.37. The Labute approximate surface area is 57.9 Å². The average molecular weight is 156 g/mol. The molecule has 0 spiro atoms. The van der Waals surface area contributed by atoms with E-state index in [0.717, 1.165) is 6.92 Å². The Bertz CT molecular complexity index is 99.7. The number of hydrogen-bond donors (Lipinski definition) is 1. The van der Waals surface area contributed by atoms with Gasteiger partial charge in [-0.15, -0.1) is 0 Å². The van der Waals surface area contributed by atoms with E-state index in [9.17, 15) is 13.2 Å². The van der Waals surface area contributed by atoms with Crippen LogP contribution in [0.1, 0.15) is 13.8 Å². The van der Waals surface area contributed by atoms with Crippen LogP contribution in [0.4, 0.5) is 13.2 Å². The van der Waals surface area contributed by atoms with Gasteiger partial charge in [-0.3, -0.25) is 0 Å². The van der Waals surface area contributed by atoms with Gasteiger partial charge in [0.1, 0.15) is 0 Å². The van der Waals surface area contributed by atoms with Crippen molar-refractivity contribution < 1.29 is 18.3 Å². The van der Waals surface area contributed by atoms with Gasteiger partial charge in [0.05, 0.1) is 5.92 Å². The molecule has 2 atom stereocenters. The molecule has 0 aromatic carbocycles. The summed E-state index contributed by atoms with van der Waals surface area (Å²) in [6, 6.07) is 0. The van der Waals surface area contributed by atoms with Crippen molar-refractivity contribution in [2.45, 2.75) is 20.0 Å². The molecule has 10 heavy (non-hydrogen) atoms. The summed E-state index contributed by atoms with van der Waals surface area (Å²) >= 11 is 0. The summed E-state index contributed by atoms with van der Waals surface area (Å²) in [5.41, 5.74) is 0. The normalized spacial score (nSPS) is 18.6. The van der Waals surface area contributed by atoms with E-state index in [0.29, 0.717) is 0 Å². The number of aliphatic hydroxyl groups excluding tert-OH is 1. The lowest BCUT2D eigenvalue weighted by molar-refractivity contribution is -0.184. The molecule has 0 aromatic rings. The van der Waals surface area contributed by atoms with Crippen molar-refractivity contribution in [2.75, 3.05) is 6.61 Å². The van der Waals surface area contributed by atoms with Crippen LogP contribution in [0, 0.1) is 11.8 Å². The van der Waals surface area contributed by atoms with E-state index in [4.69, 9.17) is 5.11 Å². The quantitative estimate of drug-likeness (QED) is 0.646. The van der Waals surface area contributed by atoms with Gasteiger partial charge in [-0.05, 0) is 5.92 Å². The smallest absolute Gasteiger partial charge is 0.391 e. The summed E-state index contributed by atoms with van der Waals surface area (Å²) in [5.74, 6) is -2.13. The van der Waals surface area contributed by atoms with Gasteiger partial charge in [-0.1, -0.05) is 13.8 Å².